The van der Waals surface area contributed by atoms with E-state index in [1.165, 1.54) is 30.6 Å². The summed E-state index contributed by atoms with van der Waals surface area (Å²) >= 11 is 0. The molecule has 0 bridgehead atoms. The largest absolute Gasteiger partial charge is 0.312 e. The molecule has 0 aromatic heterocycles. The van der Waals surface area contributed by atoms with Gasteiger partial charge >= 0.3 is 0 Å². The number of benzene rings is 1. The van der Waals surface area contributed by atoms with Crippen LogP contribution in [0.5, 0.6) is 0 Å². The van der Waals surface area contributed by atoms with Gasteiger partial charge in [0.05, 0.1) is 11.1 Å². The normalized spacial score (nSPS) is 19.3. The van der Waals surface area contributed by atoms with Crippen molar-refractivity contribution in [3.05, 3.63) is 35.4 Å². The summed E-state index contributed by atoms with van der Waals surface area (Å²) in [6.45, 7) is 1.15. The van der Waals surface area contributed by atoms with E-state index in [1.54, 1.807) is 24.3 Å². The minimum absolute atomic E-state index is 0.158. The molecule has 0 spiro atoms. The molecule has 1 heterocycles. The first kappa shape index (κ1) is 12.4. The standard InChI is InChI=1S/C15H18N2O2/c18-14-12-7-3-4-8-13(12)15(19)17(14)10-9-16-11-5-1-2-6-11/h3-4,7-8,11,16H,1-2,5-6,9-10H2. The second-order valence-electron chi connectivity index (χ2n) is 5.24. The van der Waals surface area contributed by atoms with E-state index < -0.39 is 0 Å². The van der Waals surface area contributed by atoms with Gasteiger partial charge in [-0.3, -0.25) is 14.5 Å². The number of fused-ring (bicyclic) bond motifs is 1. The lowest BCUT2D eigenvalue weighted by Crippen LogP contribution is -2.38. The van der Waals surface area contributed by atoms with E-state index in [4.69, 9.17) is 0 Å². The summed E-state index contributed by atoms with van der Waals surface area (Å²) in [5.74, 6) is -0.317. The van der Waals surface area contributed by atoms with E-state index in [2.05, 4.69) is 5.32 Å². The topological polar surface area (TPSA) is 49.4 Å². The second kappa shape index (κ2) is 5.13. The zero-order valence-corrected chi connectivity index (χ0v) is 10.9. The van der Waals surface area contributed by atoms with Gasteiger partial charge in [0.25, 0.3) is 11.8 Å². The molecule has 1 aromatic rings. The quantitative estimate of drug-likeness (QED) is 0.838. The van der Waals surface area contributed by atoms with Gasteiger partial charge < -0.3 is 5.32 Å². The Balaban J connectivity index is 1.60. The first-order valence-corrected chi connectivity index (χ1v) is 6.96. The smallest absolute Gasteiger partial charge is 0.261 e. The highest BCUT2D eigenvalue weighted by Crippen LogP contribution is 2.22. The van der Waals surface area contributed by atoms with Crippen LogP contribution in [0.3, 0.4) is 0 Å². The highest BCUT2D eigenvalue weighted by atomic mass is 16.2. The number of carbonyl (C=O) groups is 2. The maximum atomic E-state index is 12.1. The van der Waals surface area contributed by atoms with Crippen LogP contribution in [0.1, 0.15) is 46.4 Å². The van der Waals surface area contributed by atoms with Crippen LogP contribution in [0, 0.1) is 0 Å². The molecule has 1 fully saturated rings. The van der Waals surface area contributed by atoms with Crippen molar-refractivity contribution >= 4 is 11.8 Å². The highest BCUT2D eigenvalue weighted by Gasteiger charge is 2.34. The van der Waals surface area contributed by atoms with E-state index in [0.717, 1.165) is 0 Å². The third-order valence-corrected chi connectivity index (χ3v) is 4.00. The zero-order valence-electron chi connectivity index (χ0n) is 10.9. The molecule has 1 aliphatic carbocycles. The lowest BCUT2D eigenvalue weighted by molar-refractivity contribution is 0.0654. The highest BCUT2D eigenvalue weighted by molar-refractivity contribution is 6.21. The van der Waals surface area contributed by atoms with Crippen LogP contribution in [0.15, 0.2) is 24.3 Å². The van der Waals surface area contributed by atoms with Crippen LogP contribution < -0.4 is 5.32 Å². The molecule has 0 atom stereocenters. The van der Waals surface area contributed by atoms with Crippen LogP contribution in [-0.2, 0) is 0 Å². The molecule has 0 radical (unpaired) electrons. The summed E-state index contributed by atoms with van der Waals surface area (Å²) < 4.78 is 0. The van der Waals surface area contributed by atoms with Crippen molar-refractivity contribution in [1.29, 1.82) is 0 Å². The molecule has 0 saturated heterocycles. The van der Waals surface area contributed by atoms with Gasteiger partial charge in [-0.1, -0.05) is 25.0 Å². The number of carbonyl (C=O) groups excluding carboxylic acids is 2. The Bertz CT molecular complexity index is 472. The van der Waals surface area contributed by atoms with E-state index in [9.17, 15) is 9.59 Å². The van der Waals surface area contributed by atoms with Crippen molar-refractivity contribution in [3.63, 3.8) is 0 Å². The number of imide groups is 1. The maximum Gasteiger partial charge on any atom is 0.261 e. The molecular weight excluding hydrogens is 240 g/mol. The van der Waals surface area contributed by atoms with Gasteiger partial charge in [-0.25, -0.2) is 0 Å². The van der Waals surface area contributed by atoms with Gasteiger partial charge in [0.2, 0.25) is 0 Å². The molecule has 100 valence electrons. The summed E-state index contributed by atoms with van der Waals surface area (Å²) in [6.07, 6.45) is 4.99. The van der Waals surface area contributed by atoms with Crippen molar-refractivity contribution in [3.8, 4) is 0 Å². The van der Waals surface area contributed by atoms with E-state index >= 15 is 0 Å². The zero-order chi connectivity index (χ0) is 13.2. The van der Waals surface area contributed by atoms with Crippen molar-refractivity contribution in [1.82, 2.24) is 10.2 Å². The monoisotopic (exact) mass is 258 g/mol. The van der Waals surface area contributed by atoms with Crippen molar-refractivity contribution in [2.45, 2.75) is 31.7 Å². The summed E-state index contributed by atoms with van der Waals surface area (Å²) in [7, 11) is 0. The molecule has 3 rings (SSSR count). The molecule has 19 heavy (non-hydrogen) atoms. The van der Waals surface area contributed by atoms with Crippen LogP contribution in [0.25, 0.3) is 0 Å². The number of amides is 2. The molecule has 0 unspecified atom stereocenters. The first-order valence-electron chi connectivity index (χ1n) is 6.96. The fourth-order valence-corrected chi connectivity index (χ4v) is 2.95. The fraction of sp³-hybridized carbons (Fsp3) is 0.467. The average molecular weight is 258 g/mol. The Morgan fingerprint density at radius 3 is 2.21 bits per heavy atom. The van der Waals surface area contributed by atoms with Crippen molar-refractivity contribution in [2.75, 3.05) is 13.1 Å². The Morgan fingerprint density at radius 1 is 1.05 bits per heavy atom. The average Bonchev–Trinajstić information content (AvgIpc) is 3.02. The molecule has 1 aliphatic heterocycles. The van der Waals surface area contributed by atoms with E-state index in [1.807, 2.05) is 0 Å². The Labute approximate surface area is 112 Å². The van der Waals surface area contributed by atoms with Crippen LogP contribution in [-0.4, -0.2) is 35.8 Å². The van der Waals surface area contributed by atoms with Gasteiger partial charge in [0.1, 0.15) is 0 Å². The number of nitrogens with one attached hydrogen (secondary N) is 1. The molecule has 4 heteroatoms. The summed E-state index contributed by atoms with van der Waals surface area (Å²) in [6, 6.07) is 7.60. The van der Waals surface area contributed by atoms with Gasteiger partial charge in [-0.05, 0) is 25.0 Å². The third kappa shape index (κ3) is 2.28. The van der Waals surface area contributed by atoms with Gasteiger partial charge in [0, 0.05) is 19.1 Å². The lowest BCUT2D eigenvalue weighted by Gasteiger charge is -2.16. The summed E-state index contributed by atoms with van der Waals surface area (Å²) in [4.78, 5) is 25.6. The number of rotatable bonds is 4. The third-order valence-electron chi connectivity index (χ3n) is 4.00. The predicted molar refractivity (Wildman–Crippen MR) is 72.1 cm³/mol. The predicted octanol–water partition coefficient (Wildman–Crippen LogP) is 1.81. The van der Waals surface area contributed by atoms with Gasteiger partial charge in [0.15, 0.2) is 0 Å². The minimum atomic E-state index is -0.158. The van der Waals surface area contributed by atoms with Crippen LogP contribution in [0.4, 0.5) is 0 Å². The Hall–Kier alpha value is -1.68. The first-order chi connectivity index (χ1) is 9.27. The van der Waals surface area contributed by atoms with Crippen molar-refractivity contribution < 1.29 is 9.59 Å². The van der Waals surface area contributed by atoms with Crippen LogP contribution in [0.2, 0.25) is 0 Å². The summed E-state index contributed by atoms with van der Waals surface area (Å²) in [5, 5.41) is 3.43. The van der Waals surface area contributed by atoms with E-state index in [-0.39, 0.29) is 11.8 Å². The molecule has 4 nitrogen and oxygen atoms in total. The molecular formula is C15H18N2O2. The molecule has 2 amide bonds. The summed E-state index contributed by atoms with van der Waals surface area (Å²) in [5.41, 5.74) is 1.07. The second-order valence-corrected chi connectivity index (χ2v) is 5.24. The van der Waals surface area contributed by atoms with Gasteiger partial charge in [-0.15, -0.1) is 0 Å². The molecule has 2 aliphatic rings. The van der Waals surface area contributed by atoms with E-state index in [0.29, 0.717) is 30.3 Å². The molecule has 1 aromatic carbocycles. The van der Waals surface area contributed by atoms with Gasteiger partial charge in [-0.2, -0.15) is 0 Å². The minimum Gasteiger partial charge on any atom is -0.312 e. The Morgan fingerprint density at radius 2 is 1.63 bits per heavy atom. The number of nitrogens with zero attached hydrogens (tertiary/aromatic N) is 1. The SMILES string of the molecule is O=C1c2ccccc2C(=O)N1CCNC1CCCC1. The lowest BCUT2D eigenvalue weighted by atomic mass is 10.1. The molecule has 1 saturated carbocycles. The molecule has 1 N–H and O–H groups in total. The Kier molecular flexibility index (Phi) is 3.34. The maximum absolute atomic E-state index is 12.1. The fourth-order valence-electron chi connectivity index (χ4n) is 2.95. The van der Waals surface area contributed by atoms with Crippen molar-refractivity contribution in [2.24, 2.45) is 0 Å². The number of hydrogen-bond donors (Lipinski definition) is 1. The number of hydrogen-bond acceptors (Lipinski definition) is 3. The van der Waals surface area contributed by atoms with Crippen LogP contribution >= 0.6 is 0 Å².